The zero-order chi connectivity index (χ0) is 48.2. The molecule has 0 aliphatic carbocycles. The molecule has 0 fully saturated rings. The van der Waals surface area contributed by atoms with Crippen molar-refractivity contribution in [2.24, 2.45) is 0 Å². The van der Waals surface area contributed by atoms with Gasteiger partial charge >= 0.3 is 0 Å². The maximum absolute atomic E-state index is 6.67. The number of ether oxygens (including phenoxy) is 1. The zero-order valence-electron chi connectivity index (χ0n) is 40.6. The summed E-state index contributed by atoms with van der Waals surface area (Å²) in [5, 5.41) is 7.04. The Morgan fingerprint density at radius 3 is 1.48 bits per heavy atom. The monoisotopic (exact) mass is 1120 g/mol. The van der Waals surface area contributed by atoms with Gasteiger partial charge in [-0.05, 0) is 99.3 Å². The van der Waals surface area contributed by atoms with Gasteiger partial charge in [0.1, 0.15) is 5.82 Å². The molecule has 7 nitrogen and oxygen atoms in total. The van der Waals surface area contributed by atoms with Crippen molar-refractivity contribution in [3.8, 4) is 39.8 Å². The average Bonchev–Trinajstić information content (AvgIpc) is 4.16. The number of hydrogen-bond acceptors (Lipinski definition) is 4. The van der Waals surface area contributed by atoms with Crippen molar-refractivity contribution in [3.05, 3.63) is 231 Å². The smallest absolute Gasteiger partial charge is 0.135 e. The summed E-state index contributed by atoms with van der Waals surface area (Å²) in [5.74, 6) is 1.99. The summed E-state index contributed by atoms with van der Waals surface area (Å²) in [7, 11) is 0. The molecule has 13 aromatic rings. The summed E-state index contributed by atoms with van der Waals surface area (Å²) in [4.78, 5) is 9.92. The predicted molar refractivity (Wildman–Crippen MR) is 297 cm³/mol. The first kappa shape index (κ1) is 44.6. The maximum Gasteiger partial charge on any atom is 0.135 e. The van der Waals surface area contributed by atoms with Crippen LogP contribution in [-0.2, 0) is 21.1 Å². The molecule has 1 aliphatic heterocycles. The first-order valence-corrected chi connectivity index (χ1v) is 24.5. The molecule has 0 unspecified atom stereocenters. The molecular weight excluding hydrogens is 1080 g/mol. The number of anilines is 3. The van der Waals surface area contributed by atoms with Gasteiger partial charge in [-0.15, -0.1) is 41.4 Å². The van der Waals surface area contributed by atoms with Gasteiger partial charge in [0.2, 0.25) is 0 Å². The van der Waals surface area contributed by atoms with Crippen LogP contribution in [0.1, 0.15) is 26.3 Å². The molecule has 14 rings (SSSR count). The van der Waals surface area contributed by atoms with Crippen LogP contribution in [0.15, 0.2) is 206 Å². The van der Waals surface area contributed by atoms with Gasteiger partial charge in [-0.1, -0.05) is 115 Å². The van der Waals surface area contributed by atoms with E-state index in [1.807, 2.05) is 18.2 Å². The van der Waals surface area contributed by atoms with E-state index in [-0.39, 0.29) is 26.6 Å². The molecule has 73 heavy (non-hydrogen) atoms. The molecule has 4 aromatic heterocycles. The fraction of sp³-hybridized carbons (Fsp3) is 0.0769. The first-order chi connectivity index (χ1) is 35.3. The van der Waals surface area contributed by atoms with Gasteiger partial charge in [0.15, 0.2) is 0 Å². The van der Waals surface area contributed by atoms with Gasteiger partial charge in [0, 0.05) is 93.9 Å². The molecule has 8 heteroatoms. The van der Waals surface area contributed by atoms with E-state index in [9.17, 15) is 0 Å². The molecule has 0 atom stereocenters. The molecular formula is C65H47N6OPt-3. The van der Waals surface area contributed by atoms with E-state index >= 15 is 0 Å². The number of aryl methyl sites for hydroxylation is 1. The number of hydrogen-bond donors (Lipinski definition) is 0. The van der Waals surface area contributed by atoms with Crippen LogP contribution < -0.4 is 14.5 Å². The molecule has 9 aromatic carbocycles. The average molecular weight is 1120 g/mol. The van der Waals surface area contributed by atoms with Crippen molar-refractivity contribution < 1.29 is 25.8 Å². The van der Waals surface area contributed by atoms with Crippen molar-refractivity contribution in [3.63, 3.8) is 0 Å². The van der Waals surface area contributed by atoms with E-state index in [4.69, 9.17) is 9.72 Å². The minimum absolute atomic E-state index is 0. The first-order valence-electron chi connectivity index (χ1n) is 24.5. The molecule has 0 amide bonds. The molecule has 356 valence electrons. The number of benzene rings is 9. The van der Waals surface area contributed by atoms with Crippen LogP contribution in [0.2, 0.25) is 0 Å². The minimum Gasteiger partial charge on any atom is -0.509 e. The number of para-hydroxylation sites is 7. The second-order valence-corrected chi connectivity index (χ2v) is 19.7. The van der Waals surface area contributed by atoms with Crippen molar-refractivity contribution in [1.82, 2.24) is 18.7 Å². The summed E-state index contributed by atoms with van der Waals surface area (Å²) in [6.07, 6.45) is 2.07. The van der Waals surface area contributed by atoms with Crippen LogP contribution in [0.25, 0.3) is 93.7 Å². The minimum atomic E-state index is -0.107. The van der Waals surface area contributed by atoms with Gasteiger partial charge < -0.3 is 28.2 Å². The van der Waals surface area contributed by atoms with Gasteiger partial charge in [-0.25, -0.2) is 4.98 Å². The van der Waals surface area contributed by atoms with Gasteiger partial charge in [-0.2, -0.15) is 18.8 Å². The van der Waals surface area contributed by atoms with E-state index in [1.165, 1.54) is 21.5 Å². The third kappa shape index (κ3) is 7.01. The van der Waals surface area contributed by atoms with Gasteiger partial charge in [-0.3, -0.25) is 0 Å². The molecule has 0 radical (unpaired) electrons. The zero-order valence-corrected chi connectivity index (χ0v) is 42.9. The Hall–Kier alpha value is -8.38. The van der Waals surface area contributed by atoms with Crippen molar-refractivity contribution in [2.45, 2.75) is 33.2 Å². The number of aromatic nitrogens is 4. The summed E-state index contributed by atoms with van der Waals surface area (Å²) in [6.45, 7) is 11.0. The summed E-state index contributed by atoms with van der Waals surface area (Å²) in [6, 6.07) is 78.3. The topological polar surface area (TPSA) is 43.4 Å². The molecule has 0 N–H and O–H groups in total. The van der Waals surface area contributed by atoms with Crippen LogP contribution >= 0.6 is 0 Å². The van der Waals surface area contributed by atoms with Crippen molar-refractivity contribution in [2.75, 3.05) is 9.80 Å². The third-order valence-electron chi connectivity index (χ3n) is 14.4. The van der Waals surface area contributed by atoms with E-state index in [2.05, 4.69) is 258 Å². The van der Waals surface area contributed by atoms with Crippen LogP contribution in [-0.4, -0.2) is 24.2 Å². The fourth-order valence-electron chi connectivity index (χ4n) is 11.2. The Morgan fingerprint density at radius 1 is 0.466 bits per heavy atom. The van der Waals surface area contributed by atoms with Crippen molar-refractivity contribution >= 4 is 82.5 Å². The summed E-state index contributed by atoms with van der Waals surface area (Å²) >= 11 is 0. The molecule has 5 heterocycles. The molecule has 0 spiro atoms. The van der Waals surface area contributed by atoms with E-state index in [1.54, 1.807) is 0 Å². The van der Waals surface area contributed by atoms with Crippen LogP contribution in [0, 0.1) is 25.7 Å². The predicted octanol–water partition coefficient (Wildman–Crippen LogP) is 16.6. The quantitative estimate of drug-likeness (QED) is 0.149. The molecule has 0 saturated heterocycles. The largest absolute Gasteiger partial charge is 0.509 e. The third-order valence-corrected chi connectivity index (χ3v) is 14.4. The number of nitrogens with zero attached hydrogens (tertiary/aromatic N) is 6. The molecule has 0 saturated carbocycles. The van der Waals surface area contributed by atoms with Crippen LogP contribution in [0.3, 0.4) is 0 Å². The number of fused-ring (bicyclic) bond motifs is 10. The Kier molecular flexibility index (Phi) is 10.5. The molecule has 1 aliphatic rings. The SMILES string of the molecule is Cc1cc(-n2c3[c-]c(Oc4[c-]c(N5[CH-]N(C(C)(C)C)c6ccccc65)ccc4)ccc3c3ccccc32)ncc1-c1c(-n2c3ccccc3c3ccccc32)cccc1-n1c2ccccc2c2ccccc21.[Pt]. The van der Waals surface area contributed by atoms with Gasteiger partial charge in [0.25, 0.3) is 0 Å². The Labute approximate surface area is 438 Å². The molecule has 0 bridgehead atoms. The van der Waals surface area contributed by atoms with E-state index in [0.717, 1.165) is 94.8 Å². The van der Waals surface area contributed by atoms with Crippen LogP contribution in [0.4, 0.5) is 17.1 Å². The summed E-state index contributed by atoms with van der Waals surface area (Å²) in [5.41, 5.74) is 14.9. The summed E-state index contributed by atoms with van der Waals surface area (Å²) < 4.78 is 13.8. The Morgan fingerprint density at radius 2 is 0.932 bits per heavy atom. The fourth-order valence-corrected chi connectivity index (χ4v) is 11.2. The second kappa shape index (κ2) is 17.1. The van der Waals surface area contributed by atoms with Crippen molar-refractivity contribution in [1.29, 1.82) is 0 Å². The number of rotatable bonds is 7. The van der Waals surface area contributed by atoms with E-state index < -0.39 is 0 Å². The van der Waals surface area contributed by atoms with Gasteiger partial charge in [0.05, 0.1) is 33.4 Å². The second-order valence-electron chi connectivity index (χ2n) is 19.7. The maximum atomic E-state index is 6.67. The van der Waals surface area contributed by atoms with Crippen LogP contribution in [0.5, 0.6) is 11.5 Å². The number of pyridine rings is 1. The Bertz CT molecular complexity index is 4090. The standard InChI is InChI=1S/C65H47N6O.Pt/c1-42-37-63(71-57-30-14-9-25-50(57)51-36-35-45(39-62(51)71)72-44-20-17-19-43(38-44)67-41-68(65(2,3)4)59-32-16-15-31-58(59)67)66-40-52(42)64-60(69-53-26-10-5-21-46(53)47-22-6-11-27-54(47)69)33-18-34-61(64)70-55-28-12-7-23-48(55)49-24-8-13-29-56(49)70;/h5-37,40-41H,1-4H3;/q-3;. The normalized spacial score (nSPS) is 12.7. The Balaban J connectivity index is 0.00000516. The van der Waals surface area contributed by atoms with E-state index in [0.29, 0.717) is 11.5 Å².